The van der Waals surface area contributed by atoms with Crippen LogP contribution in [0.15, 0.2) is 0 Å². The van der Waals surface area contributed by atoms with Crippen molar-refractivity contribution in [2.75, 3.05) is 0 Å². The quantitative estimate of drug-likeness (QED) is 0.444. The molecule has 19 heavy (non-hydrogen) atoms. The smallest absolute Gasteiger partial charge is 0.403 e. The van der Waals surface area contributed by atoms with Crippen molar-refractivity contribution < 1.29 is 9.31 Å². The first-order valence-corrected chi connectivity index (χ1v) is 8.16. The Hall–Kier alpha value is -0.0151. The SMILES string of the molecule is CCCCCCCCC(C)B1OC(C)(C)C(C)(C)O1. The van der Waals surface area contributed by atoms with Crippen molar-refractivity contribution in [3.05, 3.63) is 0 Å². The molecule has 112 valence electrons. The number of unbranched alkanes of at least 4 members (excludes halogenated alkanes) is 5. The summed E-state index contributed by atoms with van der Waals surface area (Å²) >= 11 is 0. The molecule has 0 aliphatic carbocycles. The van der Waals surface area contributed by atoms with Gasteiger partial charge in [0, 0.05) is 0 Å². The van der Waals surface area contributed by atoms with Crippen LogP contribution in [-0.4, -0.2) is 18.3 Å². The van der Waals surface area contributed by atoms with E-state index in [1.165, 1.54) is 44.9 Å². The van der Waals surface area contributed by atoms with Gasteiger partial charge in [0.25, 0.3) is 0 Å². The minimum atomic E-state index is -0.187. The van der Waals surface area contributed by atoms with Gasteiger partial charge in [0.15, 0.2) is 0 Å². The molecular weight excluding hydrogens is 235 g/mol. The molecule has 1 rings (SSSR count). The van der Waals surface area contributed by atoms with E-state index in [2.05, 4.69) is 41.5 Å². The lowest BCUT2D eigenvalue weighted by molar-refractivity contribution is 0.00578. The largest absolute Gasteiger partial charge is 0.460 e. The predicted octanol–water partition coefficient (Wildman–Crippen LogP) is 5.22. The summed E-state index contributed by atoms with van der Waals surface area (Å²) in [6.07, 6.45) is 9.34. The van der Waals surface area contributed by atoms with Gasteiger partial charge < -0.3 is 9.31 Å². The van der Waals surface area contributed by atoms with Crippen molar-refractivity contribution in [1.29, 1.82) is 0 Å². The van der Waals surface area contributed by atoms with Crippen LogP contribution in [0.4, 0.5) is 0 Å². The molecule has 0 bridgehead atoms. The maximum atomic E-state index is 6.10. The van der Waals surface area contributed by atoms with Gasteiger partial charge in [-0.15, -0.1) is 0 Å². The molecule has 1 aliphatic heterocycles. The highest BCUT2D eigenvalue weighted by Crippen LogP contribution is 2.40. The maximum Gasteiger partial charge on any atom is 0.460 e. The average Bonchev–Trinajstić information content (AvgIpc) is 2.53. The Balaban J connectivity index is 2.23. The molecular formula is C16H33BO2. The van der Waals surface area contributed by atoms with Crippen molar-refractivity contribution >= 4 is 7.12 Å². The van der Waals surface area contributed by atoms with E-state index in [-0.39, 0.29) is 18.3 Å². The second kappa shape index (κ2) is 7.13. The van der Waals surface area contributed by atoms with Gasteiger partial charge in [-0.05, 0) is 33.5 Å². The fourth-order valence-electron chi connectivity index (χ4n) is 2.50. The third-order valence-corrected chi connectivity index (χ3v) is 4.75. The fraction of sp³-hybridized carbons (Fsp3) is 1.00. The Morgan fingerprint density at radius 2 is 1.32 bits per heavy atom. The molecule has 0 spiro atoms. The average molecular weight is 268 g/mol. The van der Waals surface area contributed by atoms with E-state index >= 15 is 0 Å². The van der Waals surface area contributed by atoms with Gasteiger partial charge in [-0.25, -0.2) is 0 Å². The Kier molecular flexibility index (Phi) is 6.39. The summed E-state index contributed by atoms with van der Waals surface area (Å²) in [5.41, 5.74) is -0.375. The molecule has 1 heterocycles. The standard InChI is InChI=1S/C16H33BO2/c1-7-8-9-10-11-12-13-14(2)17-18-15(3,4)16(5,6)19-17/h14H,7-13H2,1-6H3. The van der Waals surface area contributed by atoms with Crippen LogP contribution < -0.4 is 0 Å². The maximum absolute atomic E-state index is 6.10. The molecule has 1 aliphatic rings. The zero-order valence-corrected chi connectivity index (χ0v) is 13.9. The zero-order chi connectivity index (χ0) is 14.5. The van der Waals surface area contributed by atoms with E-state index in [1.54, 1.807) is 0 Å². The van der Waals surface area contributed by atoms with Crippen molar-refractivity contribution in [2.45, 2.75) is 104 Å². The molecule has 2 nitrogen and oxygen atoms in total. The Morgan fingerprint density at radius 3 is 1.84 bits per heavy atom. The van der Waals surface area contributed by atoms with Gasteiger partial charge in [-0.2, -0.15) is 0 Å². The number of rotatable bonds is 8. The van der Waals surface area contributed by atoms with Gasteiger partial charge in [0.2, 0.25) is 0 Å². The van der Waals surface area contributed by atoms with Gasteiger partial charge >= 0.3 is 7.12 Å². The van der Waals surface area contributed by atoms with Gasteiger partial charge in [0.1, 0.15) is 0 Å². The van der Waals surface area contributed by atoms with Crippen LogP contribution in [-0.2, 0) is 9.31 Å². The van der Waals surface area contributed by atoms with E-state index in [0.717, 1.165) is 0 Å². The number of hydrogen-bond donors (Lipinski definition) is 0. The molecule has 0 aromatic rings. The summed E-state index contributed by atoms with van der Waals surface area (Å²) in [6.45, 7) is 13.0. The lowest BCUT2D eigenvalue weighted by atomic mass is 9.70. The Labute approximate surface area is 120 Å². The molecule has 0 saturated carbocycles. The monoisotopic (exact) mass is 268 g/mol. The van der Waals surface area contributed by atoms with E-state index in [1.807, 2.05) is 0 Å². The molecule has 1 fully saturated rings. The number of hydrogen-bond acceptors (Lipinski definition) is 2. The van der Waals surface area contributed by atoms with Gasteiger partial charge in [0.05, 0.1) is 11.2 Å². The van der Waals surface area contributed by atoms with Crippen LogP contribution in [0.5, 0.6) is 0 Å². The minimum absolute atomic E-state index is 0.0272. The van der Waals surface area contributed by atoms with Gasteiger partial charge in [-0.3, -0.25) is 0 Å². The minimum Gasteiger partial charge on any atom is -0.403 e. The molecule has 1 atom stereocenters. The molecule has 0 radical (unpaired) electrons. The van der Waals surface area contributed by atoms with E-state index in [0.29, 0.717) is 5.82 Å². The van der Waals surface area contributed by atoms with E-state index in [9.17, 15) is 0 Å². The van der Waals surface area contributed by atoms with Crippen LogP contribution in [0.2, 0.25) is 5.82 Å². The third-order valence-electron chi connectivity index (χ3n) is 4.75. The third kappa shape index (κ3) is 4.79. The lowest BCUT2D eigenvalue weighted by Gasteiger charge is -2.32. The summed E-state index contributed by atoms with van der Waals surface area (Å²) in [5.74, 6) is 0.493. The van der Waals surface area contributed by atoms with Crippen LogP contribution in [0, 0.1) is 0 Å². The van der Waals surface area contributed by atoms with Crippen molar-refractivity contribution in [2.24, 2.45) is 0 Å². The highest BCUT2D eigenvalue weighted by atomic mass is 16.7. The highest BCUT2D eigenvalue weighted by Gasteiger charge is 2.52. The summed E-state index contributed by atoms with van der Waals surface area (Å²) in [7, 11) is -0.0272. The summed E-state index contributed by atoms with van der Waals surface area (Å²) in [6, 6.07) is 0. The van der Waals surface area contributed by atoms with E-state index < -0.39 is 0 Å². The molecule has 1 saturated heterocycles. The molecule has 1 unspecified atom stereocenters. The van der Waals surface area contributed by atoms with Crippen LogP contribution in [0.1, 0.15) is 86.5 Å². The van der Waals surface area contributed by atoms with Crippen molar-refractivity contribution in [1.82, 2.24) is 0 Å². The first kappa shape index (κ1) is 17.0. The summed E-state index contributed by atoms with van der Waals surface area (Å²) < 4.78 is 12.2. The predicted molar refractivity (Wildman–Crippen MR) is 83.5 cm³/mol. The first-order chi connectivity index (χ1) is 8.80. The van der Waals surface area contributed by atoms with Crippen LogP contribution in [0.3, 0.4) is 0 Å². The zero-order valence-electron chi connectivity index (χ0n) is 13.9. The fourth-order valence-corrected chi connectivity index (χ4v) is 2.50. The topological polar surface area (TPSA) is 18.5 Å². The molecule has 0 aromatic carbocycles. The highest BCUT2D eigenvalue weighted by molar-refractivity contribution is 6.47. The van der Waals surface area contributed by atoms with Crippen LogP contribution >= 0.6 is 0 Å². The molecule has 0 aromatic heterocycles. The van der Waals surface area contributed by atoms with E-state index in [4.69, 9.17) is 9.31 Å². The van der Waals surface area contributed by atoms with Crippen LogP contribution in [0.25, 0.3) is 0 Å². The summed E-state index contributed by atoms with van der Waals surface area (Å²) in [5, 5.41) is 0. The van der Waals surface area contributed by atoms with Crippen molar-refractivity contribution in [3.8, 4) is 0 Å². The second-order valence-electron chi connectivity index (χ2n) is 7.16. The lowest BCUT2D eigenvalue weighted by Crippen LogP contribution is -2.41. The molecule has 0 N–H and O–H groups in total. The normalized spacial score (nSPS) is 22.7. The Morgan fingerprint density at radius 1 is 0.842 bits per heavy atom. The van der Waals surface area contributed by atoms with Crippen molar-refractivity contribution in [3.63, 3.8) is 0 Å². The summed E-state index contributed by atoms with van der Waals surface area (Å²) in [4.78, 5) is 0. The molecule has 3 heteroatoms. The first-order valence-electron chi connectivity index (χ1n) is 8.16. The second-order valence-corrected chi connectivity index (χ2v) is 7.16. The van der Waals surface area contributed by atoms with Gasteiger partial charge in [-0.1, -0.05) is 58.8 Å². The Bertz CT molecular complexity index is 247. The molecule has 0 amide bonds.